The van der Waals surface area contributed by atoms with Crippen LogP contribution in [0.15, 0.2) is 30.3 Å². The Morgan fingerprint density at radius 3 is 2.78 bits per heavy atom. The molecule has 0 spiro atoms. The molecule has 144 valence electrons. The summed E-state index contributed by atoms with van der Waals surface area (Å²) < 4.78 is 14.6. The number of carbonyl (C=O) groups is 1. The molecule has 0 heterocycles. The predicted molar refractivity (Wildman–Crippen MR) is 107 cm³/mol. The van der Waals surface area contributed by atoms with Gasteiger partial charge in [0.05, 0.1) is 34.3 Å². The minimum absolute atomic E-state index is 0.0530. The molecule has 1 aliphatic rings. The van der Waals surface area contributed by atoms with Crippen LogP contribution in [0.3, 0.4) is 0 Å². The van der Waals surface area contributed by atoms with E-state index in [0.717, 1.165) is 36.1 Å². The number of amides is 1. The molecule has 1 aliphatic carbocycles. The lowest BCUT2D eigenvalue weighted by molar-refractivity contribution is -0.117. The highest BCUT2D eigenvalue weighted by molar-refractivity contribution is 6.42. The first kappa shape index (κ1) is 19.9. The summed E-state index contributed by atoms with van der Waals surface area (Å²) in [6.45, 7) is 1.52. The number of hydrogen-bond donors (Lipinski definition) is 3. The van der Waals surface area contributed by atoms with Gasteiger partial charge in [0, 0.05) is 5.69 Å². The highest BCUT2D eigenvalue weighted by Crippen LogP contribution is 2.36. The molecule has 2 aromatic carbocycles. The van der Waals surface area contributed by atoms with Gasteiger partial charge in [-0.2, -0.15) is 0 Å². The number of anilines is 2. The summed E-state index contributed by atoms with van der Waals surface area (Å²) in [5, 5.41) is 16.2. The van der Waals surface area contributed by atoms with Gasteiger partial charge in [0.1, 0.15) is 5.82 Å². The van der Waals surface area contributed by atoms with Crippen molar-refractivity contribution < 1.29 is 14.3 Å². The van der Waals surface area contributed by atoms with E-state index in [0.29, 0.717) is 10.0 Å². The highest BCUT2D eigenvalue weighted by atomic mass is 35.5. The smallest absolute Gasteiger partial charge is 0.227 e. The van der Waals surface area contributed by atoms with Crippen molar-refractivity contribution in [2.24, 2.45) is 0 Å². The Kier molecular flexibility index (Phi) is 6.25. The van der Waals surface area contributed by atoms with Crippen molar-refractivity contribution in [2.75, 3.05) is 10.6 Å². The summed E-state index contributed by atoms with van der Waals surface area (Å²) in [7, 11) is 0. The van der Waals surface area contributed by atoms with E-state index in [1.165, 1.54) is 13.0 Å². The number of fused-ring (bicyclic) bond motifs is 1. The monoisotopic (exact) mass is 410 g/mol. The van der Waals surface area contributed by atoms with Crippen molar-refractivity contribution in [3.63, 3.8) is 0 Å². The van der Waals surface area contributed by atoms with Gasteiger partial charge in [-0.25, -0.2) is 4.39 Å². The van der Waals surface area contributed by atoms with E-state index in [1.54, 1.807) is 18.2 Å². The third-order valence-corrected chi connectivity index (χ3v) is 5.30. The fraction of sp³-hybridized carbons (Fsp3) is 0.350. The maximum absolute atomic E-state index is 14.6. The Hall–Kier alpha value is -1.82. The summed E-state index contributed by atoms with van der Waals surface area (Å²) in [6, 6.07) is 8.41. The van der Waals surface area contributed by atoms with E-state index in [1.807, 2.05) is 6.07 Å². The first-order chi connectivity index (χ1) is 12.8. The molecule has 0 radical (unpaired) electrons. The normalized spacial score (nSPS) is 17.1. The first-order valence-electron chi connectivity index (χ1n) is 8.85. The second-order valence-corrected chi connectivity index (χ2v) is 7.66. The third-order valence-electron chi connectivity index (χ3n) is 4.56. The molecular formula is C20H21Cl2FN2O2. The van der Waals surface area contributed by atoms with E-state index in [-0.39, 0.29) is 18.2 Å². The molecule has 0 fully saturated rings. The van der Waals surface area contributed by atoms with E-state index in [4.69, 9.17) is 23.2 Å². The number of aliphatic hydroxyl groups excluding tert-OH is 1. The number of benzene rings is 2. The third kappa shape index (κ3) is 4.92. The fourth-order valence-corrected chi connectivity index (χ4v) is 3.63. The average Bonchev–Trinajstić information content (AvgIpc) is 2.59. The molecule has 4 nitrogen and oxygen atoms in total. The summed E-state index contributed by atoms with van der Waals surface area (Å²) in [6.07, 6.45) is 1.77. The van der Waals surface area contributed by atoms with Gasteiger partial charge in [0.15, 0.2) is 0 Å². The van der Waals surface area contributed by atoms with Crippen LogP contribution in [0.4, 0.5) is 15.8 Å². The Balaban J connectivity index is 1.82. The number of hydrogen-bond acceptors (Lipinski definition) is 3. The summed E-state index contributed by atoms with van der Waals surface area (Å²) in [4.78, 5) is 11.8. The quantitative estimate of drug-likeness (QED) is 0.623. The molecule has 0 bridgehead atoms. The predicted octanol–water partition coefficient (Wildman–Crippen LogP) is 5.33. The van der Waals surface area contributed by atoms with Crippen LogP contribution in [0, 0.1) is 5.82 Å². The molecule has 3 N–H and O–H groups in total. The van der Waals surface area contributed by atoms with Gasteiger partial charge in [-0.05, 0) is 67.6 Å². The second-order valence-electron chi connectivity index (χ2n) is 6.85. The molecule has 0 aromatic heterocycles. The molecular weight excluding hydrogens is 390 g/mol. The highest BCUT2D eigenvalue weighted by Gasteiger charge is 2.23. The van der Waals surface area contributed by atoms with Gasteiger partial charge in [0.25, 0.3) is 0 Å². The van der Waals surface area contributed by atoms with E-state index < -0.39 is 17.8 Å². The van der Waals surface area contributed by atoms with Crippen LogP contribution in [0.25, 0.3) is 0 Å². The lowest BCUT2D eigenvalue weighted by Gasteiger charge is -2.28. The maximum Gasteiger partial charge on any atom is 0.227 e. The zero-order chi connectivity index (χ0) is 19.6. The molecule has 0 aliphatic heterocycles. The minimum atomic E-state index is -0.773. The van der Waals surface area contributed by atoms with Crippen LogP contribution >= 0.6 is 23.2 Å². The Morgan fingerprint density at radius 1 is 1.30 bits per heavy atom. The largest absolute Gasteiger partial charge is 0.393 e. The number of aliphatic hydroxyl groups is 1. The molecule has 3 rings (SSSR count). The van der Waals surface area contributed by atoms with Gasteiger partial charge in [-0.15, -0.1) is 0 Å². The van der Waals surface area contributed by atoms with Crippen molar-refractivity contribution in [3.05, 3.63) is 57.3 Å². The Morgan fingerprint density at radius 2 is 2.07 bits per heavy atom. The van der Waals surface area contributed by atoms with E-state index in [9.17, 15) is 14.3 Å². The second kappa shape index (κ2) is 8.46. The van der Waals surface area contributed by atoms with Gasteiger partial charge in [-0.3, -0.25) is 4.79 Å². The van der Waals surface area contributed by atoms with Crippen molar-refractivity contribution in [1.29, 1.82) is 0 Å². The van der Waals surface area contributed by atoms with Crippen LogP contribution in [0.5, 0.6) is 0 Å². The van der Waals surface area contributed by atoms with Crippen molar-refractivity contribution in [3.8, 4) is 0 Å². The molecule has 2 aromatic rings. The molecule has 27 heavy (non-hydrogen) atoms. The first-order valence-corrected chi connectivity index (χ1v) is 9.61. The maximum atomic E-state index is 14.6. The standard InChI is InChI=1S/C20H21Cl2FN2O2/c1-11(26)7-20(27)25-19-8-12-3-2-4-18(14(12)10-17(19)23)24-13-5-6-15(21)16(22)9-13/h5-6,8-11,18,24,26H,2-4,7H2,1H3,(H,25,27). The lowest BCUT2D eigenvalue weighted by atomic mass is 9.87. The number of halogens is 3. The number of aryl methyl sites for hydroxylation is 1. The Labute approximate surface area is 167 Å². The SMILES string of the molecule is CC(O)CC(=O)Nc1cc2c(cc1F)C(Nc1ccc(Cl)c(Cl)c1)CCC2. The molecule has 1 amide bonds. The number of rotatable bonds is 5. The van der Waals surface area contributed by atoms with Crippen LogP contribution in [-0.4, -0.2) is 17.1 Å². The summed E-state index contributed by atoms with van der Waals surface area (Å²) >= 11 is 12.0. The van der Waals surface area contributed by atoms with E-state index in [2.05, 4.69) is 10.6 Å². The van der Waals surface area contributed by atoms with Gasteiger partial charge < -0.3 is 15.7 Å². The van der Waals surface area contributed by atoms with Gasteiger partial charge in [0.2, 0.25) is 5.91 Å². The molecule has 2 unspecified atom stereocenters. The topological polar surface area (TPSA) is 61.4 Å². The summed E-state index contributed by atoms with van der Waals surface area (Å²) in [5.41, 5.74) is 2.83. The van der Waals surface area contributed by atoms with Crippen LogP contribution < -0.4 is 10.6 Å². The Bertz CT molecular complexity index is 858. The van der Waals surface area contributed by atoms with Crippen molar-refractivity contribution in [1.82, 2.24) is 0 Å². The van der Waals surface area contributed by atoms with Gasteiger partial charge >= 0.3 is 0 Å². The van der Waals surface area contributed by atoms with Crippen molar-refractivity contribution >= 4 is 40.5 Å². The summed E-state index contributed by atoms with van der Waals surface area (Å²) in [5.74, 6) is -0.902. The van der Waals surface area contributed by atoms with Crippen LogP contribution in [0.1, 0.15) is 43.4 Å². The van der Waals surface area contributed by atoms with Crippen LogP contribution in [-0.2, 0) is 11.2 Å². The van der Waals surface area contributed by atoms with Crippen LogP contribution in [0.2, 0.25) is 10.0 Å². The molecule has 2 atom stereocenters. The minimum Gasteiger partial charge on any atom is -0.393 e. The number of nitrogens with one attached hydrogen (secondary N) is 2. The van der Waals surface area contributed by atoms with Crippen molar-refractivity contribution in [2.45, 2.75) is 44.8 Å². The molecule has 0 saturated carbocycles. The fourth-order valence-electron chi connectivity index (χ4n) is 3.33. The van der Waals surface area contributed by atoms with E-state index >= 15 is 0 Å². The number of carbonyl (C=O) groups excluding carboxylic acids is 1. The van der Waals surface area contributed by atoms with Gasteiger partial charge in [-0.1, -0.05) is 23.2 Å². The molecule has 7 heteroatoms. The average molecular weight is 411 g/mol. The molecule has 0 saturated heterocycles. The zero-order valence-corrected chi connectivity index (χ0v) is 16.4. The zero-order valence-electron chi connectivity index (χ0n) is 14.9. The lowest BCUT2D eigenvalue weighted by Crippen LogP contribution is -2.21.